The number of hydrogen-bond donors (Lipinski definition) is 2. The largest absolute Gasteiger partial charge is 0.451 e. The number of nitro groups is 1. The highest BCUT2D eigenvalue weighted by Gasteiger charge is 2.24. The Balaban J connectivity index is 1.19. The maximum absolute atomic E-state index is 12.9. The zero-order valence-corrected chi connectivity index (χ0v) is 23.2. The fraction of sp³-hybridized carbons (Fsp3) is 0.138. The van der Waals surface area contributed by atoms with Crippen LogP contribution in [0.2, 0.25) is 5.02 Å². The lowest BCUT2D eigenvalue weighted by atomic mass is 10.1. The summed E-state index contributed by atoms with van der Waals surface area (Å²) in [7, 11) is 0. The van der Waals surface area contributed by atoms with Crippen LogP contribution >= 0.6 is 23.8 Å². The van der Waals surface area contributed by atoms with Gasteiger partial charge in [0.2, 0.25) is 0 Å². The fourth-order valence-electron chi connectivity index (χ4n) is 4.49. The second-order valence-corrected chi connectivity index (χ2v) is 10.0. The van der Waals surface area contributed by atoms with Crippen molar-refractivity contribution in [2.45, 2.75) is 0 Å². The maximum Gasteiger partial charge on any atom is 0.293 e. The van der Waals surface area contributed by atoms with Crippen LogP contribution in [-0.2, 0) is 0 Å². The van der Waals surface area contributed by atoms with Crippen molar-refractivity contribution in [3.05, 3.63) is 111 Å². The highest BCUT2D eigenvalue weighted by Crippen LogP contribution is 2.28. The number of nitrogens with one attached hydrogen (secondary N) is 2. The second kappa shape index (κ2) is 12.2. The van der Waals surface area contributed by atoms with Crippen LogP contribution in [0.4, 0.5) is 17.1 Å². The molecule has 2 heterocycles. The summed E-state index contributed by atoms with van der Waals surface area (Å²) in [6, 6.07) is 23.4. The minimum Gasteiger partial charge on any atom is -0.451 e. The molecule has 1 aliphatic heterocycles. The van der Waals surface area contributed by atoms with Gasteiger partial charge in [0.05, 0.1) is 16.3 Å². The molecule has 0 saturated carbocycles. The monoisotopic (exact) mass is 589 g/mol. The quantitative estimate of drug-likeness (QED) is 0.169. The third kappa shape index (κ3) is 6.53. The van der Waals surface area contributed by atoms with E-state index in [1.54, 1.807) is 42.5 Å². The van der Waals surface area contributed by atoms with Crippen molar-refractivity contribution in [1.82, 2.24) is 10.2 Å². The number of non-ortho nitro benzene ring substituents is 1. The molecule has 0 aliphatic carbocycles. The van der Waals surface area contributed by atoms with E-state index in [2.05, 4.69) is 15.5 Å². The molecule has 1 aromatic heterocycles. The van der Waals surface area contributed by atoms with Gasteiger partial charge in [0, 0.05) is 54.5 Å². The SMILES string of the molecule is O=C(NC(=S)Nc1ccccc1N1CCN(C(=O)c2ccc(Cl)cc2)CC1)c1ccc(-c2cccc([N+](=O)[O-])c2)o1. The molecule has 3 aromatic carbocycles. The summed E-state index contributed by atoms with van der Waals surface area (Å²) in [6.07, 6.45) is 0. The van der Waals surface area contributed by atoms with Gasteiger partial charge >= 0.3 is 0 Å². The molecule has 0 spiro atoms. The van der Waals surface area contributed by atoms with E-state index in [1.807, 2.05) is 29.2 Å². The predicted molar refractivity (Wildman–Crippen MR) is 160 cm³/mol. The number of hydrogen-bond acceptors (Lipinski definition) is 7. The van der Waals surface area contributed by atoms with Gasteiger partial charge in [-0.3, -0.25) is 25.0 Å². The number of carbonyl (C=O) groups is 2. The summed E-state index contributed by atoms with van der Waals surface area (Å²) in [6.45, 7) is 2.32. The molecule has 0 bridgehead atoms. The Kier molecular flexibility index (Phi) is 8.27. The number of rotatable bonds is 6. The Morgan fingerprint density at radius 2 is 1.66 bits per heavy atom. The lowest BCUT2D eigenvalue weighted by molar-refractivity contribution is -0.384. The topological polar surface area (TPSA) is 121 Å². The van der Waals surface area contributed by atoms with Gasteiger partial charge in [0.25, 0.3) is 17.5 Å². The van der Waals surface area contributed by atoms with E-state index in [9.17, 15) is 19.7 Å². The summed E-state index contributed by atoms with van der Waals surface area (Å²) >= 11 is 11.3. The Labute approximate surface area is 245 Å². The number of thiocarbonyl (C=S) groups is 1. The van der Waals surface area contributed by atoms with Gasteiger partial charge in [-0.05, 0) is 60.7 Å². The Hall–Kier alpha value is -4.74. The van der Waals surface area contributed by atoms with E-state index in [0.717, 1.165) is 5.69 Å². The van der Waals surface area contributed by atoms with Crippen LogP contribution in [0.5, 0.6) is 0 Å². The molecule has 12 heteroatoms. The molecule has 0 radical (unpaired) electrons. The normalized spacial score (nSPS) is 13.0. The average Bonchev–Trinajstić information content (AvgIpc) is 3.48. The summed E-state index contributed by atoms with van der Waals surface area (Å²) in [5.41, 5.74) is 2.58. The van der Waals surface area contributed by atoms with E-state index >= 15 is 0 Å². The number of furan rings is 1. The molecular formula is C29H24ClN5O5S. The van der Waals surface area contributed by atoms with E-state index in [-0.39, 0.29) is 22.5 Å². The lowest BCUT2D eigenvalue weighted by Gasteiger charge is -2.37. The minimum absolute atomic E-state index is 0.00502. The Morgan fingerprint density at radius 3 is 2.39 bits per heavy atom. The van der Waals surface area contributed by atoms with Crippen LogP contribution in [0.3, 0.4) is 0 Å². The third-order valence-corrected chi connectivity index (χ3v) is 7.01. The zero-order chi connectivity index (χ0) is 28.9. The number of nitrogens with zero attached hydrogens (tertiary/aromatic N) is 3. The number of benzene rings is 3. The van der Waals surface area contributed by atoms with Gasteiger partial charge in [-0.25, -0.2) is 0 Å². The molecule has 2 N–H and O–H groups in total. The van der Waals surface area contributed by atoms with Crippen LogP contribution in [0.1, 0.15) is 20.9 Å². The highest BCUT2D eigenvalue weighted by molar-refractivity contribution is 7.80. The van der Waals surface area contributed by atoms with Crippen molar-refractivity contribution in [2.75, 3.05) is 36.4 Å². The van der Waals surface area contributed by atoms with Gasteiger partial charge in [0.1, 0.15) is 5.76 Å². The van der Waals surface area contributed by atoms with Gasteiger partial charge in [0.15, 0.2) is 10.9 Å². The first-order valence-corrected chi connectivity index (χ1v) is 13.4. The van der Waals surface area contributed by atoms with Gasteiger partial charge < -0.3 is 19.5 Å². The molecule has 5 rings (SSSR count). The third-order valence-electron chi connectivity index (χ3n) is 6.55. The van der Waals surface area contributed by atoms with Crippen LogP contribution in [0.25, 0.3) is 11.3 Å². The van der Waals surface area contributed by atoms with Gasteiger partial charge in [-0.1, -0.05) is 35.9 Å². The standard InChI is InChI=1S/C29H24ClN5O5S/c30-21-10-8-19(9-11-21)28(37)34-16-14-33(15-17-34)24-7-2-1-6-23(24)31-29(41)32-27(36)26-13-12-25(40-26)20-4-3-5-22(18-20)35(38)39/h1-13,18H,14-17H2,(H2,31,32,36,41). The second-order valence-electron chi connectivity index (χ2n) is 9.18. The van der Waals surface area contributed by atoms with Crippen LogP contribution in [0.15, 0.2) is 89.3 Å². The van der Waals surface area contributed by atoms with Crippen LogP contribution in [0, 0.1) is 10.1 Å². The van der Waals surface area contributed by atoms with Crippen molar-refractivity contribution in [2.24, 2.45) is 0 Å². The first-order valence-electron chi connectivity index (χ1n) is 12.6. The summed E-state index contributed by atoms with van der Waals surface area (Å²) in [5.74, 6) is -0.281. The maximum atomic E-state index is 12.9. The Bertz CT molecular complexity index is 1620. The van der Waals surface area contributed by atoms with Gasteiger partial charge in [-0.2, -0.15) is 0 Å². The number of nitro benzene ring substituents is 1. The smallest absolute Gasteiger partial charge is 0.293 e. The molecule has 0 atom stereocenters. The van der Waals surface area contributed by atoms with E-state index in [4.69, 9.17) is 28.2 Å². The van der Waals surface area contributed by atoms with Crippen LogP contribution in [-0.4, -0.2) is 52.9 Å². The van der Waals surface area contributed by atoms with E-state index in [0.29, 0.717) is 53.8 Å². The van der Waals surface area contributed by atoms with Crippen molar-refractivity contribution in [3.8, 4) is 11.3 Å². The number of halogens is 1. The molecule has 1 saturated heterocycles. The molecule has 41 heavy (non-hydrogen) atoms. The number of amides is 2. The van der Waals surface area contributed by atoms with E-state index in [1.165, 1.54) is 18.2 Å². The summed E-state index contributed by atoms with van der Waals surface area (Å²) in [4.78, 5) is 40.2. The average molecular weight is 590 g/mol. The van der Waals surface area contributed by atoms with Crippen molar-refractivity contribution >= 4 is 57.8 Å². The fourth-order valence-corrected chi connectivity index (χ4v) is 4.82. The lowest BCUT2D eigenvalue weighted by Crippen LogP contribution is -2.49. The number of carbonyl (C=O) groups excluding carboxylic acids is 2. The molecule has 0 unspecified atom stereocenters. The highest BCUT2D eigenvalue weighted by atomic mass is 35.5. The molecular weight excluding hydrogens is 566 g/mol. The van der Waals surface area contributed by atoms with Crippen molar-refractivity contribution < 1.29 is 18.9 Å². The van der Waals surface area contributed by atoms with Crippen molar-refractivity contribution in [1.29, 1.82) is 0 Å². The summed E-state index contributed by atoms with van der Waals surface area (Å²) < 4.78 is 5.63. The number of para-hydroxylation sites is 2. The molecule has 2 amide bonds. The number of piperazine rings is 1. The molecule has 1 aliphatic rings. The van der Waals surface area contributed by atoms with Gasteiger partial charge in [-0.15, -0.1) is 0 Å². The first kappa shape index (κ1) is 27.8. The summed E-state index contributed by atoms with van der Waals surface area (Å²) in [5, 5.41) is 17.4. The molecule has 1 fully saturated rings. The number of anilines is 2. The predicted octanol–water partition coefficient (Wildman–Crippen LogP) is 5.60. The van der Waals surface area contributed by atoms with Crippen LogP contribution < -0.4 is 15.5 Å². The van der Waals surface area contributed by atoms with E-state index < -0.39 is 10.8 Å². The minimum atomic E-state index is -0.564. The molecule has 208 valence electrons. The molecule has 10 nitrogen and oxygen atoms in total. The zero-order valence-electron chi connectivity index (χ0n) is 21.6. The van der Waals surface area contributed by atoms with Crippen molar-refractivity contribution in [3.63, 3.8) is 0 Å². The first-order chi connectivity index (χ1) is 19.8. The molecule has 4 aromatic rings. The Morgan fingerprint density at radius 1 is 0.927 bits per heavy atom.